The molecule has 1 aromatic heterocycles. The van der Waals surface area contributed by atoms with Crippen molar-refractivity contribution in [2.45, 2.75) is 20.4 Å². The summed E-state index contributed by atoms with van der Waals surface area (Å²) < 4.78 is 1.19. The Morgan fingerprint density at radius 2 is 2.39 bits per heavy atom. The van der Waals surface area contributed by atoms with Crippen molar-refractivity contribution in [3.63, 3.8) is 0 Å². The van der Waals surface area contributed by atoms with Crippen LogP contribution in [0.3, 0.4) is 0 Å². The Bertz CT molecular complexity index is 559. The molecule has 18 heavy (non-hydrogen) atoms. The van der Waals surface area contributed by atoms with E-state index in [4.69, 9.17) is 5.84 Å². The van der Waals surface area contributed by atoms with Gasteiger partial charge in [-0.25, -0.2) is 10.8 Å². The maximum atomic E-state index is 12.2. The molecule has 3 N–H and O–H groups in total. The van der Waals surface area contributed by atoms with E-state index in [9.17, 15) is 9.59 Å². The lowest BCUT2D eigenvalue weighted by atomic mass is 10.1. The number of nitrogens with zero attached hydrogens (tertiary/aromatic N) is 3. The number of carbonyl (C=O) groups is 1. The number of nitrogens with two attached hydrogens (primary N) is 1. The van der Waals surface area contributed by atoms with E-state index < -0.39 is 5.91 Å². The van der Waals surface area contributed by atoms with Crippen LogP contribution in [0.1, 0.15) is 18.2 Å². The van der Waals surface area contributed by atoms with Crippen molar-refractivity contribution < 1.29 is 4.79 Å². The number of amides is 1. The fourth-order valence-electron chi connectivity index (χ4n) is 1.54. The van der Waals surface area contributed by atoms with E-state index in [1.54, 1.807) is 13.8 Å². The van der Waals surface area contributed by atoms with Crippen LogP contribution < -0.4 is 16.8 Å². The van der Waals surface area contributed by atoms with Gasteiger partial charge in [0.25, 0.3) is 11.5 Å². The lowest BCUT2D eigenvalue weighted by Gasteiger charge is -2.09. The molecular formula is C11H15N5O2. The van der Waals surface area contributed by atoms with Crippen LogP contribution in [0.5, 0.6) is 0 Å². The van der Waals surface area contributed by atoms with Gasteiger partial charge in [-0.1, -0.05) is 0 Å². The zero-order valence-corrected chi connectivity index (χ0v) is 10.3. The van der Waals surface area contributed by atoms with E-state index in [1.807, 2.05) is 5.43 Å². The Morgan fingerprint density at radius 3 is 2.94 bits per heavy atom. The molecule has 1 amide bonds. The maximum absolute atomic E-state index is 12.2. The molecule has 0 saturated heterocycles. The minimum absolute atomic E-state index is 0.176. The van der Waals surface area contributed by atoms with Crippen LogP contribution in [-0.4, -0.2) is 22.2 Å². The van der Waals surface area contributed by atoms with Gasteiger partial charge in [-0.2, -0.15) is 0 Å². The molecule has 0 aliphatic carbocycles. The zero-order valence-electron chi connectivity index (χ0n) is 10.3. The van der Waals surface area contributed by atoms with Gasteiger partial charge < -0.3 is 0 Å². The second kappa shape index (κ2) is 5.87. The first-order valence-corrected chi connectivity index (χ1v) is 5.19. The van der Waals surface area contributed by atoms with Crippen LogP contribution in [0.25, 0.3) is 5.57 Å². The maximum Gasteiger partial charge on any atom is 0.261 e. The third kappa shape index (κ3) is 2.89. The van der Waals surface area contributed by atoms with Crippen LogP contribution in [0.15, 0.2) is 22.3 Å². The molecule has 0 saturated carbocycles. The summed E-state index contributed by atoms with van der Waals surface area (Å²) in [6.07, 6.45) is 2.78. The normalized spacial score (nSPS) is 11.2. The second-order valence-electron chi connectivity index (χ2n) is 3.70. The molecule has 7 nitrogen and oxygen atoms in total. The number of rotatable bonds is 4. The van der Waals surface area contributed by atoms with Gasteiger partial charge in [-0.3, -0.25) is 24.6 Å². The molecule has 0 spiro atoms. The van der Waals surface area contributed by atoms with Gasteiger partial charge in [-0.05, 0) is 26.1 Å². The van der Waals surface area contributed by atoms with Crippen LogP contribution in [0.4, 0.5) is 0 Å². The minimum Gasteiger partial charge on any atom is -0.293 e. The highest BCUT2D eigenvalue weighted by molar-refractivity contribution is 5.75. The number of allylic oxidation sites excluding steroid dienone is 1. The number of aromatic nitrogens is 2. The molecule has 1 heterocycles. The molecular weight excluding hydrogens is 234 g/mol. The average molecular weight is 249 g/mol. The summed E-state index contributed by atoms with van der Waals surface area (Å²) in [6.45, 7) is 6.60. The summed E-state index contributed by atoms with van der Waals surface area (Å²) in [7, 11) is 0. The third-order valence-corrected chi connectivity index (χ3v) is 2.38. The highest BCUT2D eigenvalue weighted by Crippen LogP contribution is 2.11. The van der Waals surface area contributed by atoms with Crippen LogP contribution in [0.2, 0.25) is 0 Å². The molecule has 1 aromatic rings. The summed E-state index contributed by atoms with van der Waals surface area (Å²) in [5.74, 6) is 4.50. The Kier molecular flexibility index (Phi) is 4.50. The van der Waals surface area contributed by atoms with Crippen molar-refractivity contribution in [1.82, 2.24) is 15.0 Å². The van der Waals surface area contributed by atoms with Crippen LogP contribution >= 0.6 is 0 Å². The van der Waals surface area contributed by atoms with E-state index in [1.165, 1.54) is 17.1 Å². The quantitative estimate of drug-likeness (QED) is 0.328. The number of nitrogens with one attached hydrogen (secondary N) is 1. The number of hydrazine groups is 1. The summed E-state index contributed by atoms with van der Waals surface area (Å²) in [4.78, 5) is 31.0. The molecule has 0 aliphatic heterocycles. The fraction of sp³-hybridized carbons (Fsp3) is 0.273. The summed E-state index contributed by atoms with van der Waals surface area (Å²) in [6, 6.07) is 0. The predicted octanol–water partition coefficient (Wildman–Crippen LogP) is -0.397. The van der Waals surface area contributed by atoms with Crippen molar-refractivity contribution in [1.29, 1.82) is 0 Å². The van der Waals surface area contributed by atoms with Crippen molar-refractivity contribution in [2.24, 2.45) is 10.8 Å². The Labute approximate surface area is 104 Å². The topological polar surface area (TPSA) is 102 Å². The standard InChI is InChI=1S/C11H15N5O2/c1-7(4-13-3)10-8(2)14-6-16(11(10)18)5-9(17)15-12/h4,6H,3,5,12H2,1-2H3,(H,15,17)/b7-4-. The Morgan fingerprint density at radius 1 is 1.72 bits per heavy atom. The third-order valence-electron chi connectivity index (χ3n) is 2.38. The number of aryl methyl sites for hydroxylation is 1. The number of hydrogen-bond acceptors (Lipinski definition) is 5. The van der Waals surface area contributed by atoms with Gasteiger partial charge in [0.15, 0.2) is 0 Å². The SMILES string of the molecule is C=N/C=C(/C)c1c(C)ncn(CC(=O)NN)c1=O. The van der Waals surface area contributed by atoms with E-state index in [2.05, 4.69) is 16.7 Å². The number of carbonyl (C=O) groups excluding carboxylic acids is 1. The number of aliphatic imine (C=N–C) groups is 1. The molecule has 0 fully saturated rings. The van der Waals surface area contributed by atoms with Crippen molar-refractivity contribution >= 4 is 18.2 Å². The summed E-state index contributed by atoms with van der Waals surface area (Å²) in [5.41, 5.74) is 3.27. The van der Waals surface area contributed by atoms with Gasteiger partial charge in [0.2, 0.25) is 0 Å². The molecule has 0 unspecified atom stereocenters. The first kappa shape index (κ1) is 13.8. The molecule has 0 bridgehead atoms. The predicted molar refractivity (Wildman–Crippen MR) is 68.8 cm³/mol. The van der Waals surface area contributed by atoms with Gasteiger partial charge in [0, 0.05) is 6.20 Å². The summed E-state index contributed by atoms with van der Waals surface area (Å²) >= 11 is 0. The molecule has 0 aliphatic rings. The molecule has 0 radical (unpaired) electrons. The fourth-order valence-corrected chi connectivity index (χ4v) is 1.54. The van der Waals surface area contributed by atoms with Crippen molar-refractivity contribution in [3.05, 3.63) is 34.1 Å². The average Bonchev–Trinajstić information content (AvgIpc) is 2.33. The zero-order chi connectivity index (χ0) is 13.7. The van der Waals surface area contributed by atoms with Gasteiger partial charge in [-0.15, -0.1) is 0 Å². The van der Waals surface area contributed by atoms with E-state index in [0.29, 0.717) is 16.8 Å². The molecule has 7 heteroatoms. The minimum atomic E-state index is -0.475. The highest BCUT2D eigenvalue weighted by atomic mass is 16.2. The van der Waals surface area contributed by atoms with E-state index in [0.717, 1.165) is 0 Å². The lowest BCUT2D eigenvalue weighted by molar-refractivity contribution is -0.121. The second-order valence-corrected chi connectivity index (χ2v) is 3.70. The number of hydrogen-bond donors (Lipinski definition) is 2. The molecule has 1 rings (SSSR count). The van der Waals surface area contributed by atoms with Crippen LogP contribution in [0, 0.1) is 6.92 Å². The van der Waals surface area contributed by atoms with Gasteiger partial charge >= 0.3 is 0 Å². The molecule has 0 atom stereocenters. The van der Waals surface area contributed by atoms with Gasteiger partial charge in [0.1, 0.15) is 6.54 Å². The van der Waals surface area contributed by atoms with Gasteiger partial charge in [0.05, 0.1) is 17.6 Å². The first-order chi connectivity index (χ1) is 8.51. The smallest absolute Gasteiger partial charge is 0.261 e. The lowest BCUT2D eigenvalue weighted by Crippen LogP contribution is -2.37. The van der Waals surface area contributed by atoms with Crippen molar-refractivity contribution in [2.75, 3.05) is 0 Å². The largest absolute Gasteiger partial charge is 0.293 e. The summed E-state index contributed by atoms with van der Waals surface area (Å²) in [5, 5.41) is 0. The highest BCUT2D eigenvalue weighted by Gasteiger charge is 2.12. The molecule has 96 valence electrons. The van der Waals surface area contributed by atoms with E-state index >= 15 is 0 Å². The Balaban J connectivity index is 3.32. The monoisotopic (exact) mass is 249 g/mol. The molecule has 0 aromatic carbocycles. The van der Waals surface area contributed by atoms with Crippen LogP contribution in [-0.2, 0) is 11.3 Å². The first-order valence-electron chi connectivity index (χ1n) is 5.19. The Hall–Kier alpha value is -2.28. The van der Waals surface area contributed by atoms with Crippen molar-refractivity contribution in [3.8, 4) is 0 Å². The van der Waals surface area contributed by atoms with E-state index in [-0.39, 0.29) is 12.1 Å².